The van der Waals surface area contributed by atoms with Gasteiger partial charge in [-0.05, 0) is 25.8 Å². The number of alkyl halides is 3. The van der Waals surface area contributed by atoms with Gasteiger partial charge in [-0.15, -0.1) is 0 Å². The molecule has 0 aromatic rings. The van der Waals surface area contributed by atoms with E-state index in [-0.39, 0.29) is 5.92 Å². The van der Waals surface area contributed by atoms with Crippen LogP contribution in [0.1, 0.15) is 38.5 Å². The van der Waals surface area contributed by atoms with Gasteiger partial charge in [-0.25, -0.2) is 0 Å². The van der Waals surface area contributed by atoms with Gasteiger partial charge in [0, 0.05) is 0 Å². The summed E-state index contributed by atoms with van der Waals surface area (Å²) in [5, 5.41) is 2.41. The summed E-state index contributed by atoms with van der Waals surface area (Å²) in [6.45, 7) is 0. The number of hydrogen-bond donors (Lipinski definition) is 1. The molecule has 0 heterocycles. The summed E-state index contributed by atoms with van der Waals surface area (Å²) in [6, 6.07) is -1.31. The lowest BCUT2D eigenvalue weighted by Crippen LogP contribution is -2.45. The topological polar surface area (TPSA) is 12.0 Å². The molecule has 1 saturated carbocycles. The van der Waals surface area contributed by atoms with Crippen LogP contribution in [0.15, 0.2) is 0 Å². The Kier molecular flexibility index (Phi) is 4.23. The van der Waals surface area contributed by atoms with Crippen LogP contribution >= 0.6 is 0 Å². The smallest absolute Gasteiger partial charge is 0.309 e. The van der Waals surface area contributed by atoms with Crippen molar-refractivity contribution < 1.29 is 13.2 Å². The van der Waals surface area contributed by atoms with Crippen LogP contribution in [-0.4, -0.2) is 19.3 Å². The Morgan fingerprint density at radius 1 is 1.07 bits per heavy atom. The first-order valence-electron chi connectivity index (χ1n) is 5.29. The van der Waals surface area contributed by atoms with E-state index in [1.165, 1.54) is 7.05 Å². The molecule has 1 N–H and O–H groups in total. The molecule has 1 atom stereocenters. The Bertz CT molecular complexity index is 159. The normalized spacial score (nSPS) is 23.1. The fourth-order valence-corrected chi connectivity index (χ4v) is 2.31. The first-order chi connectivity index (χ1) is 6.55. The summed E-state index contributed by atoms with van der Waals surface area (Å²) < 4.78 is 37.7. The van der Waals surface area contributed by atoms with E-state index in [0.29, 0.717) is 12.8 Å². The van der Waals surface area contributed by atoms with Crippen molar-refractivity contribution >= 4 is 0 Å². The molecule has 84 valence electrons. The third-order valence-electron chi connectivity index (χ3n) is 3.03. The monoisotopic (exact) mass is 209 g/mol. The van der Waals surface area contributed by atoms with E-state index in [2.05, 4.69) is 5.32 Å². The van der Waals surface area contributed by atoms with E-state index in [9.17, 15) is 13.2 Å². The molecule has 0 aromatic heterocycles. The lowest BCUT2D eigenvalue weighted by molar-refractivity contribution is -0.167. The summed E-state index contributed by atoms with van der Waals surface area (Å²) in [7, 11) is 1.41. The van der Waals surface area contributed by atoms with Crippen LogP contribution in [-0.2, 0) is 0 Å². The van der Waals surface area contributed by atoms with E-state index < -0.39 is 12.2 Å². The highest BCUT2D eigenvalue weighted by Crippen LogP contribution is 2.33. The fourth-order valence-electron chi connectivity index (χ4n) is 2.31. The second-order valence-electron chi connectivity index (χ2n) is 4.06. The summed E-state index contributed by atoms with van der Waals surface area (Å²) in [5.74, 6) is -0.220. The highest BCUT2D eigenvalue weighted by Gasteiger charge is 2.43. The van der Waals surface area contributed by atoms with Crippen LogP contribution in [0.3, 0.4) is 0 Å². The Morgan fingerprint density at radius 2 is 1.57 bits per heavy atom. The third-order valence-corrected chi connectivity index (χ3v) is 3.03. The number of hydrogen-bond acceptors (Lipinski definition) is 1. The Morgan fingerprint density at radius 3 is 1.93 bits per heavy atom. The molecule has 0 aromatic carbocycles. The second kappa shape index (κ2) is 5.01. The van der Waals surface area contributed by atoms with Crippen LogP contribution in [0.4, 0.5) is 13.2 Å². The Hall–Kier alpha value is -0.250. The maximum Gasteiger partial charge on any atom is 0.404 e. The molecule has 1 aliphatic carbocycles. The van der Waals surface area contributed by atoms with Gasteiger partial charge in [0.1, 0.15) is 6.04 Å². The molecule has 0 radical (unpaired) electrons. The number of nitrogens with one attached hydrogen (secondary N) is 1. The van der Waals surface area contributed by atoms with Gasteiger partial charge in [-0.2, -0.15) is 13.2 Å². The highest BCUT2D eigenvalue weighted by atomic mass is 19.4. The van der Waals surface area contributed by atoms with Crippen molar-refractivity contribution in [2.45, 2.75) is 50.7 Å². The summed E-state index contributed by atoms with van der Waals surface area (Å²) in [4.78, 5) is 0. The van der Waals surface area contributed by atoms with Crippen LogP contribution in [0.2, 0.25) is 0 Å². The Balaban J connectivity index is 2.58. The molecule has 0 saturated heterocycles. The van der Waals surface area contributed by atoms with E-state index in [1.807, 2.05) is 0 Å². The summed E-state index contributed by atoms with van der Waals surface area (Å²) >= 11 is 0. The lowest BCUT2D eigenvalue weighted by Gasteiger charge is -2.27. The van der Waals surface area contributed by atoms with Crippen molar-refractivity contribution in [2.75, 3.05) is 7.05 Å². The summed E-state index contributed by atoms with van der Waals surface area (Å²) in [5.41, 5.74) is 0. The van der Waals surface area contributed by atoms with Gasteiger partial charge in [0.25, 0.3) is 0 Å². The maximum absolute atomic E-state index is 12.6. The molecule has 0 spiro atoms. The average molecular weight is 209 g/mol. The standard InChI is InChI=1S/C10H18F3N/c1-14-9(10(11,12)13)8-6-4-2-3-5-7-8/h8-9,14H,2-7H2,1H3. The molecule has 0 bridgehead atoms. The molecule has 1 aliphatic rings. The second-order valence-corrected chi connectivity index (χ2v) is 4.06. The zero-order valence-corrected chi connectivity index (χ0v) is 8.53. The highest BCUT2D eigenvalue weighted by molar-refractivity contribution is 4.82. The van der Waals surface area contributed by atoms with E-state index in [0.717, 1.165) is 25.7 Å². The lowest BCUT2D eigenvalue weighted by atomic mass is 9.91. The van der Waals surface area contributed by atoms with Crippen molar-refractivity contribution in [1.29, 1.82) is 0 Å². The molecule has 1 unspecified atom stereocenters. The molecule has 1 nitrogen and oxygen atoms in total. The third kappa shape index (κ3) is 3.15. The number of rotatable bonds is 2. The van der Waals surface area contributed by atoms with Gasteiger partial charge < -0.3 is 5.32 Å². The average Bonchev–Trinajstić information content (AvgIpc) is 2.31. The van der Waals surface area contributed by atoms with Gasteiger partial charge in [0.2, 0.25) is 0 Å². The van der Waals surface area contributed by atoms with E-state index >= 15 is 0 Å². The van der Waals surface area contributed by atoms with Crippen LogP contribution < -0.4 is 5.32 Å². The van der Waals surface area contributed by atoms with E-state index in [1.54, 1.807) is 0 Å². The van der Waals surface area contributed by atoms with Crippen molar-refractivity contribution in [3.05, 3.63) is 0 Å². The molecule has 1 fully saturated rings. The predicted molar refractivity (Wildman–Crippen MR) is 50.1 cm³/mol. The summed E-state index contributed by atoms with van der Waals surface area (Å²) in [6.07, 6.45) is 1.40. The molecular weight excluding hydrogens is 191 g/mol. The van der Waals surface area contributed by atoms with Gasteiger partial charge >= 0.3 is 6.18 Å². The van der Waals surface area contributed by atoms with Gasteiger partial charge in [-0.3, -0.25) is 0 Å². The zero-order chi connectivity index (χ0) is 10.6. The molecule has 4 heteroatoms. The molecule has 0 aliphatic heterocycles. The Labute approximate surface area is 83.1 Å². The van der Waals surface area contributed by atoms with E-state index in [4.69, 9.17) is 0 Å². The van der Waals surface area contributed by atoms with Crippen LogP contribution in [0, 0.1) is 5.92 Å². The minimum absolute atomic E-state index is 0.220. The predicted octanol–water partition coefficient (Wildman–Crippen LogP) is 3.11. The van der Waals surface area contributed by atoms with Crippen LogP contribution in [0.5, 0.6) is 0 Å². The first kappa shape index (κ1) is 11.8. The minimum atomic E-state index is -4.09. The SMILES string of the molecule is CNC(C1CCCCCC1)C(F)(F)F. The minimum Gasteiger partial charge on any atom is -0.309 e. The fraction of sp³-hybridized carbons (Fsp3) is 1.00. The molecule has 0 amide bonds. The van der Waals surface area contributed by atoms with Crippen molar-refractivity contribution in [1.82, 2.24) is 5.32 Å². The molecular formula is C10H18F3N. The first-order valence-corrected chi connectivity index (χ1v) is 5.29. The van der Waals surface area contributed by atoms with Crippen molar-refractivity contribution in [2.24, 2.45) is 5.92 Å². The largest absolute Gasteiger partial charge is 0.404 e. The van der Waals surface area contributed by atoms with Crippen molar-refractivity contribution in [3.8, 4) is 0 Å². The zero-order valence-electron chi connectivity index (χ0n) is 8.53. The molecule has 1 rings (SSSR count). The van der Waals surface area contributed by atoms with Crippen LogP contribution in [0.25, 0.3) is 0 Å². The van der Waals surface area contributed by atoms with Gasteiger partial charge in [0.15, 0.2) is 0 Å². The quantitative estimate of drug-likeness (QED) is 0.689. The van der Waals surface area contributed by atoms with Gasteiger partial charge in [-0.1, -0.05) is 25.7 Å². The number of halogens is 3. The van der Waals surface area contributed by atoms with Gasteiger partial charge in [0.05, 0.1) is 0 Å². The molecule has 14 heavy (non-hydrogen) atoms. The maximum atomic E-state index is 12.6. The van der Waals surface area contributed by atoms with Crippen molar-refractivity contribution in [3.63, 3.8) is 0 Å².